The van der Waals surface area contributed by atoms with Crippen molar-refractivity contribution < 1.29 is 81.4 Å². The average Bonchev–Trinajstić information content (AvgIpc) is 2.44. The average molecular weight is 1350 g/mol. The second kappa shape index (κ2) is 30.2. The highest BCUT2D eigenvalue weighted by Crippen LogP contribution is 2.45. The van der Waals surface area contributed by atoms with Gasteiger partial charge in [0.25, 0.3) is 11.5 Å². The fraction of sp³-hybridized carbons (Fsp3) is 0.510. The number of H-pyrrole nitrogens is 1. The number of rotatable bonds is 10. The van der Waals surface area contributed by atoms with Crippen LogP contribution in [0.15, 0.2) is 106 Å². The predicted octanol–water partition coefficient (Wildman–Crippen LogP) is -6.27. The van der Waals surface area contributed by atoms with Crippen molar-refractivity contribution in [2.75, 3.05) is 38.8 Å². The van der Waals surface area contributed by atoms with Crippen LogP contribution < -0.4 is 28.1 Å². The van der Waals surface area contributed by atoms with E-state index < -0.39 is 114 Å². The third-order valence-electron chi connectivity index (χ3n) is 14.8. The number of aromatic amines is 1. The van der Waals surface area contributed by atoms with Crippen LogP contribution in [0, 0.1) is 6.92 Å². The molecule has 492 valence electrons. The number of carbonyl (C=O) groups excluding carboxylic acids is 1. The number of amidine groups is 1. The number of aromatic nitrogens is 7. The van der Waals surface area contributed by atoms with Crippen LogP contribution in [0.4, 0.5) is 5.69 Å². The van der Waals surface area contributed by atoms with E-state index in [0.29, 0.717) is 51.6 Å². The molecule has 0 radical (unpaired) electrons. The summed E-state index contributed by atoms with van der Waals surface area (Å²) in [5.41, 5.74) is 18.6. The number of pyridine rings is 1. The minimum Gasteiger partial charge on any atom is -0.397 e. The van der Waals surface area contributed by atoms with E-state index in [1.165, 1.54) is 88.7 Å². The molecule has 5 fully saturated rings. The third-order valence-corrected chi connectivity index (χ3v) is 22.6. The van der Waals surface area contributed by atoms with Crippen LogP contribution in [0.2, 0.25) is 0 Å². The van der Waals surface area contributed by atoms with Gasteiger partial charge < -0.3 is 119 Å². The van der Waals surface area contributed by atoms with Crippen LogP contribution in [-0.4, -0.2) is 286 Å². The van der Waals surface area contributed by atoms with Gasteiger partial charge in [-0.25, -0.2) is 29.9 Å². The zero-order valence-electron chi connectivity index (χ0n) is 47.6. The summed E-state index contributed by atoms with van der Waals surface area (Å²) in [6, 6.07) is 1.66. The highest BCUT2D eigenvalue weighted by molar-refractivity contribution is 8.01. The Labute approximate surface area is 532 Å². The lowest BCUT2D eigenvalue weighted by molar-refractivity contribution is -0.116. The number of aliphatic imine (C=N–C) groups is 3. The largest absolute Gasteiger partial charge is 0.397 e. The molecule has 20 atom stereocenters. The monoisotopic (exact) mass is 1350 g/mol. The second-order valence-electron chi connectivity index (χ2n) is 20.7. The van der Waals surface area contributed by atoms with Gasteiger partial charge in [0.15, 0.2) is 16.8 Å². The Morgan fingerprint density at radius 3 is 1.41 bits per heavy atom. The smallest absolute Gasteiger partial charge is 0.279 e. The lowest BCUT2D eigenvalue weighted by atomic mass is 10.1. The van der Waals surface area contributed by atoms with Crippen LogP contribution in [0.3, 0.4) is 0 Å². The molecule has 0 aliphatic carbocycles. The Morgan fingerprint density at radius 2 is 0.956 bits per heavy atom. The number of anilines is 1. The van der Waals surface area contributed by atoms with E-state index in [1.54, 1.807) is 56.7 Å². The van der Waals surface area contributed by atoms with E-state index in [-0.39, 0.29) is 56.0 Å². The molecule has 34 nitrogen and oxygen atoms in total. The molecule has 12 heterocycles. The highest BCUT2D eigenvalue weighted by Gasteiger charge is 2.49. The van der Waals surface area contributed by atoms with Crippen molar-refractivity contribution in [3.8, 4) is 0 Å². The number of aryl methyl sites for hydroxylation is 1. The van der Waals surface area contributed by atoms with Crippen molar-refractivity contribution in [2.24, 2.45) is 26.4 Å². The van der Waals surface area contributed by atoms with E-state index in [0.717, 1.165) is 0 Å². The molecule has 8 aliphatic rings. The number of nitrogens with one attached hydrogen (secondary N) is 2. The maximum absolute atomic E-state index is 11.8. The Balaban J connectivity index is 0.000000145. The van der Waals surface area contributed by atoms with Crippen molar-refractivity contribution in [2.45, 2.75) is 121 Å². The van der Waals surface area contributed by atoms with E-state index in [1.807, 2.05) is 0 Å². The first kappa shape index (κ1) is 70.0. The number of imidazole rings is 2. The van der Waals surface area contributed by atoms with Gasteiger partial charge in [-0.15, -0.1) is 58.8 Å². The fourth-order valence-electron chi connectivity index (χ4n) is 9.97. The number of fused-ring (bicyclic) bond motifs is 2. The minimum atomic E-state index is -1.06. The summed E-state index contributed by atoms with van der Waals surface area (Å²) in [5, 5.41) is 142. The topological polar surface area (TPSA) is 552 Å². The Morgan fingerprint density at radius 1 is 0.533 bits per heavy atom. The van der Waals surface area contributed by atoms with Crippen molar-refractivity contribution >= 4 is 111 Å². The number of hydrogen-bond donors (Lipinski definition) is 20. The summed E-state index contributed by atoms with van der Waals surface area (Å²) in [5.74, 6) is 1.72. The minimum absolute atomic E-state index is 0.1000. The molecule has 0 saturated carbocycles. The standard InChI is InChI=1S/C11H14N4O4S.C11H14N4O3S.C10H15N3O3S.C10H14N2O4S.C9H14N4O3S/c1-4-13-9-6(10(19)14-4)12-3-15(9)11-8(18)7(17)5(2-16)20-11;12-5-1-2-13-10-7(5)14-4-15(10)11-9(18)8(17)6(3-16)19-11;1-5-12-7(11)2-3-13(5)10-9(16)8(15)6(4-14)17-10;1-5-11-7(14)2-3-12(5)10-9(16)8(15)6(4-13)17-10;1-4-12-9(10)11-3-13(4)8-7(16)6(15)5(2-14)17-8/h3,5,7-8,11,16-18H,2H2,1H3,(H,13,14,19);1-2,4,6,8-9,11,16-18H,3H2,(H2,12,13);2-3,6,8-10,14-16H,1,4H2,(H2,11,12);2-3,6,8-10,13,15-16H,1,4H2,(H,11,14);3,5-8,14-16H,1-2H2,(H2,10,12)/t5-,7-,8+,11-;6-,8-,9+,11-;2*6-,8-,9+,10-;5-,6-,7+,8-/m11111/s1. The fourth-order valence-corrected chi connectivity index (χ4v) is 16.9. The Bertz CT molecular complexity index is 3380. The van der Waals surface area contributed by atoms with Crippen LogP contribution >= 0.6 is 58.8 Å². The quantitative estimate of drug-likeness (QED) is 0.0702. The number of guanidine groups is 1. The summed E-state index contributed by atoms with van der Waals surface area (Å²) in [6.45, 7) is 11.7. The molecule has 0 bridgehead atoms. The van der Waals surface area contributed by atoms with Crippen molar-refractivity contribution in [3.05, 3.63) is 103 Å². The first-order chi connectivity index (χ1) is 42.8. The zero-order valence-corrected chi connectivity index (χ0v) is 51.6. The van der Waals surface area contributed by atoms with Gasteiger partial charge >= 0.3 is 0 Å². The molecule has 5 saturated heterocycles. The van der Waals surface area contributed by atoms with E-state index in [4.69, 9.17) is 32.5 Å². The van der Waals surface area contributed by atoms with Gasteiger partial charge in [0.1, 0.15) is 98.4 Å². The summed E-state index contributed by atoms with van der Waals surface area (Å²) >= 11 is 6.32. The number of nitrogens with two attached hydrogens (primary N) is 3. The molecule has 4 aromatic heterocycles. The number of aliphatic hydroxyl groups excluding tert-OH is 15. The Hall–Kier alpha value is -5.90. The molecule has 23 N–H and O–H groups in total. The number of amides is 1. The number of carbonyl (C=O) groups is 1. The SMILES string of the molecule is C=C1N=C(N)C=CN1[C@@H]1S[C@H](CO)[C@@H](O)[C@@H]1O.C=C1N=C(N)N=CN1[C@@H]1S[C@H](CO)[C@@H](O)[C@@H]1O.C=C1NC(=O)C=CN1[C@@H]1S[C@H](CO)[C@@H](O)[C@@H]1O.Cc1nc2c(ncn2[C@@H]2S[C@H](CO)[C@@H](O)[C@@H]2O)c(=O)[nH]1.Nc1ccnc2c1ncn2[C@@H]1S[C@H](CO)[C@@H](O)[C@@H]1O. The zero-order chi connectivity index (χ0) is 65.7. The number of aliphatic hydroxyl groups is 15. The van der Waals surface area contributed by atoms with Crippen molar-refractivity contribution in [1.82, 2.24) is 54.1 Å². The van der Waals surface area contributed by atoms with Crippen molar-refractivity contribution in [1.29, 1.82) is 0 Å². The van der Waals surface area contributed by atoms with Gasteiger partial charge in [0.2, 0.25) is 5.96 Å². The normalized spacial score (nSPS) is 34.5. The van der Waals surface area contributed by atoms with Gasteiger partial charge in [0.05, 0.1) is 108 Å². The lowest BCUT2D eigenvalue weighted by Crippen LogP contribution is -2.45. The number of hydrogen-bond acceptors (Lipinski definition) is 35. The molecular formula is C51H71N17O17S5. The van der Waals surface area contributed by atoms with Crippen molar-refractivity contribution in [3.63, 3.8) is 0 Å². The lowest BCUT2D eigenvalue weighted by Gasteiger charge is -2.32. The first-order valence-corrected chi connectivity index (χ1v) is 31.9. The molecule has 90 heavy (non-hydrogen) atoms. The number of nitrogen functional groups attached to an aromatic ring is 1. The van der Waals surface area contributed by atoms with Crippen LogP contribution in [-0.2, 0) is 4.79 Å². The van der Waals surface area contributed by atoms with Gasteiger partial charge in [-0.1, -0.05) is 19.7 Å². The molecule has 4 aromatic rings. The molecule has 12 rings (SSSR count). The van der Waals surface area contributed by atoms with E-state index in [9.17, 15) is 70.9 Å². The van der Waals surface area contributed by atoms with Gasteiger partial charge in [-0.3, -0.25) is 18.7 Å². The molecule has 0 aromatic carbocycles. The van der Waals surface area contributed by atoms with Gasteiger partial charge in [-0.2, -0.15) is 4.99 Å². The highest BCUT2D eigenvalue weighted by atomic mass is 32.2. The summed E-state index contributed by atoms with van der Waals surface area (Å²) in [7, 11) is 0. The van der Waals surface area contributed by atoms with E-state index in [2.05, 4.69) is 65.0 Å². The maximum Gasteiger partial charge on any atom is 0.279 e. The Kier molecular flexibility index (Phi) is 23.5. The predicted molar refractivity (Wildman–Crippen MR) is 338 cm³/mol. The summed E-state index contributed by atoms with van der Waals surface area (Å²) in [4.78, 5) is 58.4. The number of nitrogens with zero attached hydrogens (tertiary/aromatic N) is 12. The summed E-state index contributed by atoms with van der Waals surface area (Å²) < 4.78 is 3.24. The van der Waals surface area contributed by atoms with Gasteiger partial charge in [0, 0.05) is 24.7 Å². The number of thioether (sulfide) groups is 5. The molecule has 8 aliphatic heterocycles. The molecule has 1 amide bonds. The first-order valence-electron chi connectivity index (χ1n) is 27.2. The van der Waals surface area contributed by atoms with Gasteiger partial charge in [-0.05, 0) is 19.1 Å². The van der Waals surface area contributed by atoms with Crippen LogP contribution in [0.5, 0.6) is 0 Å². The van der Waals surface area contributed by atoms with Crippen LogP contribution in [0.25, 0.3) is 22.3 Å². The summed E-state index contributed by atoms with van der Waals surface area (Å²) in [6.07, 6.45) is 2.08. The molecule has 0 unspecified atom stereocenters. The van der Waals surface area contributed by atoms with E-state index >= 15 is 0 Å². The molecule has 39 heteroatoms. The molecule has 0 spiro atoms. The maximum atomic E-state index is 11.8. The second-order valence-corrected chi connectivity index (χ2v) is 27.5. The van der Waals surface area contributed by atoms with Crippen LogP contribution in [0.1, 0.15) is 16.6 Å². The molecular weight excluding hydrogens is 1280 g/mol. The third kappa shape index (κ3) is 14.8.